The zero-order chi connectivity index (χ0) is 13.4. The van der Waals surface area contributed by atoms with Crippen LogP contribution >= 0.6 is 23.4 Å². The number of aromatic carboxylic acids is 1. The van der Waals surface area contributed by atoms with Crippen molar-refractivity contribution in [3.63, 3.8) is 0 Å². The van der Waals surface area contributed by atoms with Gasteiger partial charge in [0, 0.05) is 9.79 Å². The first-order chi connectivity index (χ1) is 9.15. The van der Waals surface area contributed by atoms with Crippen LogP contribution in [0.4, 0.5) is 0 Å². The van der Waals surface area contributed by atoms with E-state index in [0.29, 0.717) is 0 Å². The fourth-order valence-electron chi connectivity index (χ4n) is 2.21. The monoisotopic (exact) mass is 290 g/mol. The predicted octanol–water partition coefficient (Wildman–Crippen LogP) is 4.37. The summed E-state index contributed by atoms with van der Waals surface area (Å²) in [5.74, 6) is -0.918. The molecule has 2 nitrogen and oxygen atoms in total. The molecule has 1 atom stereocenters. The van der Waals surface area contributed by atoms with Gasteiger partial charge in [0.25, 0.3) is 0 Å². The van der Waals surface area contributed by atoms with Gasteiger partial charge in [-0.2, -0.15) is 0 Å². The van der Waals surface area contributed by atoms with Crippen LogP contribution in [0.25, 0.3) is 0 Å². The number of carboxylic acids is 1. The lowest BCUT2D eigenvalue weighted by molar-refractivity contribution is 0.0696. The summed E-state index contributed by atoms with van der Waals surface area (Å²) in [7, 11) is 0. The first kappa shape index (κ1) is 12.6. The summed E-state index contributed by atoms with van der Waals surface area (Å²) in [6.45, 7) is 0. The maximum atomic E-state index is 11.0. The summed E-state index contributed by atoms with van der Waals surface area (Å²) in [6.07, 6.45) is 0.723. The minimum Gasteiger partial charge on any atom is -0.478 e. The SMILES string of the molecule is O=C(O)c1ccc2c(c1)[C@@H](Cl)Cc1ccccc1S2. The van der Waals surface area contributed by atoms with Crippen LogP contribution in [-0.2, 0) is 6.42 Å². The van der Waals surface area contributed by atoms with E-state index in [1.165, 1.54) is 10.5 Å². The molecule has 3 rings (SSSR count). The molecule has 0 aromatic heterocycles. The van der Waals surface area contributed by atoms with Crippen LogP contribution in [0.3, 0.4) is 0 Å². The van der Waals surface area contributed by atoms with Gasteiger partial charge in [-0.05, 0) is 41.8 Å². The summed E-state index contributed by atoms with van der Waals surface area (Å²) in [6, 6.07) is 13.3. The highest BCUT2D eigenvalue weighted by Crippen LogP contribution is 2.43. The van der Waals surface area contributed by atoms with Crippen molar-refractivity contribution in [3.8, 4) is 0 Å². The first-order valence-corrected chi connectivity index (χ1v) is 7.17. The van der Waals surface area contributed by atoms with Gasteiger partial charge in [-0.3, -0.25) is 0 Å². The zero-order valence-electron chi connectivity index (χ0n) is 9.97. The van der Waals surface area contributed by atoms with Crippen LogP contribution in [-0.4, -0.2) is 11.1 Å². The van der Waals surface area contributed by atoms with Gasteiger partial charge in [-0.1, -0.05) is 30.0 Å². The van der Waals surface area contributed by atoms with E-state index in [4.69, 9.17) is 16.7 Å². The van der Waals surface area contributed by atoms with E-state index in [1.54, 1.807) is 23.9 Å². The van der Waals surface area contributed by atoms with E-state index < -0.39 is 5.97 Å². The molecule has 0 radical (unpaired) electrons. The molecule has 2 aromatic carbocycles. The van der Waals surface area contributed by atoms with E-state index in [1.807, 2.05) is 18.2 Å². The number of benzene rings is 2. The third-order valence-electron chi connectivity index (χ3n) is 3.19. The number of hydrogen-bond donors (Lipinski definition) is 1. The molecule has 0 fully saturated rings. The van der Waals surface area contributed by atoms with E-state index >= 15 is 0 Å². The standard InChI is InChI=1S/C15H11ClO2S/c16-12-8-9-3-1-2-4-13(9)19-14-6-5-10(15(17)18)7-11(12)14/h1-7,12H,8H2,(H,17,18)/t12-/m0/s1. The Bertz CT molecular complexity index is 654. The van der Waals surface area contributed by atoms with Crippen molar-refractivity contribution in [3.05, 3.63) is 59.2 Å². The van der Waals surface area contributed by atoms with Crippen molar-refractivity contribution in [2.75, 3.05) is 0 Å². The van der Waals surface area contributed by atoms with Crippen molar-refractivity contribution in [1.29, 1.82) is 0 Å². The molecule has 19 heavy (non-hydrogen) atoms. The van der Waals surface area contributed by atoms with Crippen molar-refractivity contribution in [2.45, 2.75) is 21.6 Å². The molecule has 0 aliphatic carbocycles. The molecule has 1 N–H and O–H groups in total. The van der Waals surface area contributed by atoms with E-state index in [9.17, 15) is 4.79 Å². The smallest absolute Gasteiger partial charge is 0.335 e. The number of halogens is 1. The van der Waals surface area contributed by atoms with Crippen LogP contribution in [0.5, 0.6) is 0 Å². The second-order valence-corrected chi connectivity index (χ2v) is 6.05. The van der Waals surface area contributed by atoms with Crippen LogP contribution in [0.2, 0.25) is 0 Å². The number of alkyl halides is 1. The lowest BCUT2D eigenvalue weighted by Crippen LogP contribution is -2.01. The number of hydrogen-bond acceptors (Lipinski definition) is 2. The summed E-state index contributed by atoms with van der Waals surface area (Å²) in [4.78, 5) is 13.3. The molecule has 1 aliphatic heterocycles. The Morgan fingerprint density at radius 1 is 1.21 bits per heavy atom. The summed E-state index contributed by atoms with van der Waals surface area (Å²) >= 11 is 8.10. The molecule has 0 unspecified atom stereocenters. The number of rotatable bonds is 1. The molecule has 1 heterocycles. The summed E-state index contributed by atoms with van der Waals surface area (Å²) in [5, 5.41) is 8.88. The van der Waals surface area contributed by atoms with E-state index in [-0.39, 0.29) is 10.9 Å². The van der Waals surface area contributed by atoms with Gasteiger partial charge in [0.1, 0.15) is 0 Å². The van der Waals surface area contributed by atoms with Crippen molar-refractivity contribution in [2.24, 2.45) is 0 Å². The lowest BCUT2D eigenvalue weighted by Gasteiger charge is -2.10. The van der Waals surface area contributed by atoms with E-state index in [2.05, 4.69) is 12.1 Å². The highest BCUT2D eigenvalue weighted by atomic mass is 35.5. The number of carbonyl (C=O) groups is 1. The Morgan fingerprint density at radius 2 is 2.00 bits per heavy atom. The summed E-state index contributed by atoms with van der Waals surface area (Å²) in [5.41, 5.74) is 2.40. The normalized spacial score (nSPS) is 17.2. The minimum atomic E-state index is -0.918. The molecule has 1 aliphatic rings. The molecular weight excluding hydrogens is 280 g/mol. The molecule has 0 saturated carbocycles. The average Bonchev–Trinajstić information content (AvgIpc) is 2.54. The second-order valence-electron chi connectivity index (χ2n) is 4.44. The fourth-order valence-corrected chi connectivity index (χ4v) is 3.75. The third-order valence-corrected chi connectivity index (χ3v) is 4.79. The number of fused-ring (bicyclic) bond motifs is 2. The molecule has 4 heteroatoms. The van der Waals surface area contributed by atoms with Crippen LogP contribution in [0.15, 0.2) is 52.3 Å². The minimum absolute atomic E-state index is 0.189. The quantitative estimate of drug-likeness (QED) is 0.792. The fraction of sp³-hybridized carbons (Fsp3) is 0.133. The molecule has 0 spiro atoms. The second kappa shape index (κ2) is 4.91. The van der Waals surface area contributed by atoms with Gasteiger partial charge in [0.05, 0.1) is 10.9 Å². The van der Waals surface area contributed by atoms with Gasteiger partial charge in [0.2, 0.25) is 0 Å². The molecule has 0 saturated heterocycles. The summed E-state index contributed by atoms with van der Waals surface area (Å²) < 4.78 is 0. The van der Waals surface area contributed by atoms with Crippen molar-refractivity contribution < 1.29 is 9.90 Å². The largest absolute Gasteiger partial charge is 0.478 e. The van der Waals surface area contributed by atoms with Gasteiger partial charge >= 0.3 is 5.97 Å². The molecule has 0 amide bonds. The third kappa shape index (κ3) is 2.36. The average molecular weight is 291 g/mol. The van der Waals surface area contributed by atoms with Crippen LogP contribution in [0.1, 0.15) is 26.9 Å². The highest BCUT2D eigenvalue weighted by Gasteiger charge is 2.22. The van der Waals surface area contributed by atoms with Crippen molar-refractivity contribution >= 4 is 29.3 Å². The van der Waals surface area contributed by atoms with Gasteiger partial charge in [-0.25, -0.2) is 4.79 Å². The maximum absolute atomic E-state index is 11.0. The van der Waals surface area contributed by atoms with Crippen LogP contribution < -0.4 is 0 Å². The molecule has 2 aromatic rings. The molecule has 0 bridgehead atoms. The van der Waals surface area contributed by atoms with Gasteiger partial charge < -0.3 is 5.11 Å². The topological polar surface area (TPSA) is 37.3 Å². The number of carboxylic acid groups (broad SMARTS) is 1. The zero-order valence-corrected chi connectivity index (χ0v) is 11.5. The maximum Gasteiger partial charge on any atom is 0.335 e. The molecule has 96 valence electrons. The molecular formula is C15H11ClO2S. The Balaban J connectivity index is 2.11. The van der Waals surface area contributed by atoms with Gasteiger partial charge in [-0.15, -0.1) is 11.6 Å². The Labute approximate surface area is 120 Å². The van der Waals surface area contributed by atoms with E-state index in [0.717, 1.165) is 16.9 Å². The predicted molar refractivity (Wildman–Crippen MR) is 76.3 cm³/mol. The van der Waals surface area contributed by atoms with Crippen molar-refractivity contribution in [1.82, 2.24) is 0 Å². The first-order valence-electron chi connectivity index (χ1n) is 5.92. The van der Waals surface area contributed by atoms with Crippen LogP contribution in [0, 0.1) is 0 Å². The van der Waals surface area contributed by atoms with Gasteiger partial charge in [0.15, 0.2) is 0 Å². The lowest BCUT2D eigenvalue weighted by atomic mass is 10.0. The Kier molecular flexibility index (Phi) is 3.25. The Hall–Kier alpha value is -1.45. The Morgan fingerprint density at radius 3 is 2.79 bits per heavy atom. The highest BCUT2D eigenvalue weighted by molar-refractivity contribution is 7.99.